The zero-order valence-corrected chi connectivity index (χ0v) is 10.4. The van der Waals surface area contributed by atoms with E-state index in [0.29, 0.717) is 13.2 Å². The summed E-state index contributed by atoms with van der Waals surface area (Å²) in [6.07, 6.45) is 4.48. The van der Waals surface area contributed by atoms with Gasteiger partial charge in [-0.2, -0.15) is 0 Å². The van der Waals surface area contributed by atoms with E-state index in [0.717, 1.165) is 38.7 Å². The first-order valence-corrected chi connectivity index (χ1v) is 5.85. The van der Waals surface area contributed by atoms with Gasteiger partial charge in [-0.15, -0.1) is 12.4 Å². The SMILES string of the molecule is Cl.NC1CCC(O)(CO[C@H]2CCOC2)CC1. The van der Waals surface area contributed by atoms with Crippen molar-refractivity contribution in [2.45, 2.75) is 49.9 Å². The molecule has 0 amide bonds. The molecule has 3 N–H and O–H groups in total. The third kappa shape index (κ3) is 3.86. The Morgan fingerprint density at radius 3 is 2.56 bits per heavy atom. The number of aliphatic hydroxyl groups is 1. The maximum absolute atomic E-state index is 10.2. The van der Waals surface area contributed by atoms with Crippen LogP contribution in [0.5, 0.6) is 0 Å². The van der Waals surface area contributed by atoms with Gasteiger partial charge in [-0.1, -0.05) is 0 Å². The number of hydrogen-bond acceptors (Lipinski definition) is 4. The van der Waals surface area contributed by atoms with Gasteiger partial charge < -0.3 is 20.3 Å². The zero-order chi connectivity index (χ0) is 10.7. The van der Waals surface area contributed by atoms with Gasteiger partial charge in [0.2, 0.25) is 0 Å². The molecule has 2 fully saturated rings. The van der Waals surface area contributed by atoms with Crippen LogP contribution in [0.1, 0.15) is 32.1 Å². The van der Waals surface area contributed by atoms with Gasteiger partial charge in [-0.25, -0.2) is 0 Å². The van der Waals surface area contributed by atoms with Crippen LogP contribution in [0.25, 0.3) is 0 Å². The molecule has 1 saturated heterocycles. The highest BCUT2D eigenvalue weighted by Gasteiger charge is 2.33. The van der Waals surface area contributed by atoms with Crippen molar-refractivity contribution in [3.63, 3.8) is 0 Å². The second-order valence-corrected chi connectivity index (χ2v) is 4.86. The Hall–Kier alpha value is 0.130. The molecule has 0 aromatic carbocycles. The van der Waals surface area contributed by atoms with Gasteiger partial charge >= 0.3 is 0 Å². The van der Waals surface area contributed by atoms with Crippen molar-refractivity contribution in [1.29, 1.82) is 0 Å². The largest absolute Gasteiger partial charge is 0.387 e. The summed E-state index contributed by atoms with van der Waals surface area (Å²) in [4.78, 5) is 0. The molecule has 4 nitrogen and oxygen atoms in total. The first-order chi connectivity index (χ1) is 7.18. The van der Waals surface area contributed by atoms with Crippen LogP contribution in [0.2, 0.25) is 0 Å². The molecule has 1 heterocycles. The molecule has 5 heteroatoms. The molecule has 0 aromatic heterocycles. The fourth-order valence-corrected chi connectivity index (χ4v) is 2.24. The van der Waals surface area contributed by atoms with Crippen molar-refractivity contribution in [2.24, 2.45) is 5.73 Å². The summed E-state index contributed by atoms with van der Waals surface area (Å²) in [5, 5.41) is 10.2. The number of hydrogen-bond donors (Lipinski definition) is 2. The van der Waals surface area contributed by atoms with Crippen molar-refractivity contribution in [3.05, 3.63) is 0 Å². The highest BCUT2D eigenvalue weighted by Crippen LogP contribution is 2.28. The van der Waals surface area contributed by atoms with E-state index in [-0.39, 0.29) is 24.6 Å². The minimum absolute atomic E-state index is 0. The van der Waals surface area contributed by atoms with Crippen LogP contribution in [0.15, 0.2) is 0 Å². The van der Waals surface area contributed by atoms with E-state index in [2.05, 4.69) is 0 Å². The predicted octanol–water partition coefficient (Wildman–Crippen LogP) is 0.846. The average Bonchev–Trinajstić information content (AvgIpc) is 2.73. The summed E-state index contributed by atoms with van der Waals surface area (Å²) in [5.41, 5.74) is 5.16. The topological polar surface area (TPSA) is 64.7 Å². The van der Waals surface area contributed by atoms with E-state index in [1.165, 1.54) is 0 Å². The van der Waals surface area contributed by atoms with E-state index in [1.54, 1.807) is 0 Å². The smallest absolute Gasteiger partial charge is 0.0881 e. The summed E-state index contributed by atoms with van der Waals surface area (Å²) >= 11 is 0. The van der Waals surface area contributed by atoms with Crippen LogP contribution < -0.4 is 5.73 Å². The first kappa shape index (κ1) is 14.2. The molecule has 0 radical (unpaired) electrons. The summed E-state index contributed by atoms with van der Waals surface area (Å²) in [6, 6.07) is 0.264. The van der Waals surface area contributed by atoms with Gasteiger partial charge in [-0.3, -0.25) is 0 Å². The van der Waals surface area contributed by atoms with Crippen LogP contribution in [0, 0.1) is 0 Å². The molecule has 2 aliphatic rings. The van der Waals surface area contributed by atoms with Crippen LogP contribution in [0.3, 0.4) is 0 Å². The van der Waals surface area contributed by atoms with Crippen molar-refractivity contribution in [3.8, 4) is 0 Å². The molecule has 1 aliphatic carbocycles. The summed E-state index contributed by atoms with van der Waals surface area (Å²) in [7, 11) is 0. The monoisotopic (exact) mass is 251 g/mol. The molecule has 1 aliphatic heterocycles. The fourth-order valence-electron chi connectivity index (χ4n) is 2.24. The summed E-state index contributed by atoms with van der Waals surface area (Å²) in [6.45, 7) is 1.90. The Labute approximate surface area is 103 Å². The maximum Gasteiger partial charge on any atom is 0.0881 e. The second kappa shape index (κ2) is 6.17. The van der Waals surface area contributed by atoms with Gasteiger partial charge in [0.15, 0.2) is 0 Å². The van der Waals surface area contributed by atoms with E-state index in [4.69, 9.17) is 15.2 Å². The molecule has 1 saturated carbocycles. The standard InChI is InChI=1S/C11H21NO3.ClH/c12-9-1-4-11(13,5-2-9)8-15-10-3-6-14-7-10;/h9-10,13H,1-8,12H2;1H/t9?,10-,11?;/m0./s1. The van der Waals surface area contributed by atoms with Gasteiger partial charge in [0.25, 0.3) is 0 Å². The predicted molar refractivity (Wildman–Crippen MR) is 63.8 cm³/mol. The minimum Gasteiger partial charge on any atom is -0.387 e. The number of ether oxygens (including phenoxy) is 2. The molecule has 2 rings (SSSR count). The van der Waals surface area contributed by atoms with E-state index < -0.39 is 5.60 Å². The average molecular weight is 252 g/mol. The Kier molecular flexibility index (Phi) is 5.47. The van der Waals surface area contributed by atoms with Crippen LogP contribution in [-0.4, -0.2) is 42.7 Å². The molecule has 0 unspecified atom stereocenters. The summed E-state index contributed by atoms with van der Waals surface area (Å²) < 4.78 is 10.9. The van der Waals surface area contributed by atoms with E-state index >= 15 is 0 Å². The molecule has 0 aromatic rings. The summed E-state index contributed by atoms with van der Waals surface area (Å²) in [5.74, 6) is 0. The Balaban J connectivity index is 0.00000128. The third-order valence-corrected chi connectivity index (χ3v) is 3.44. The maximum atomic E-state index is 10.2. The van der Waals surface area contributed by atoms with Crippen molar-refractivity contribution in [1.82, 2.24) is 0 Å². The lowest BCUT2D eigenvalue weighted by Gasteiger charge is -2.35. The van der Waals surface area contributed by atoms with Gasteiger partial charge in [0.05, 0.1) is 24.9 Å². The molecular formula is C11H22ClNO3. The molecule has 0 bridgehead atoms. The third-order valence-electron chi connectivity index (χ3n) is 3.44. The van der Waals surface area contributed by atoms with Crippen molar-refractivity contribution < 1.29 is 14.6 Å². The first-order valence-electron chi connectivity index (χ1n) is 5.85. The lowest BCUT2D eigenvalue weighted by molar-refractivity contribution is -0.0923. The Morgan fingerprint density at radius 1 is 1.31 bits per heavy atom. The van der Waals surface area contributed by atoms with Crippen LogP contribution >= 0.6 is 12.4 Å². The fraction of sp³-hybridized carbons (Fsp3) is 1.00. The van der Waals surface area contributed by atoms with Crippen LogP contribution in [0.4, 0.5) is 0 Å². The lowest BCUT2D eigenvalue weighted by Crippen LogP contribution is -2.43. The zero-order valence-electron chi connectivity index (χ0n) is 9.56. The molecule has 1 atom stereocenters. The minimum atomic E-state index is -0.640. The molecular weight excluding hydrogens is 230 g/mol. The highest BCUT2D eigenvalue weighted by molar-refractivity contribution is 5.85. The molecule has 96 valence electrons. The van der Waals surface area contributed by atoms with Crippen molar-refractivity contribution >= 4 is 12.4 Å². The quantitative estimate of drug-likeness (QED) is 0.781. The Bertz CT molecular complexity index is 201. The Morgan fingerprint density at radius 2 is 2.00 bits per heavy atom. The van der Waals surface area contributed by atoms with Crippen LogP contribution in [-0.2, 0) is 9.47 Å². The number of nitrogens with two attached hydrogens (primary N) is 1. The molecule has 16 heavy (non-hydrogen) atoms. The van der Waals surface area contributed by atoms with Gasteiger partial charge in [-0.05, 0) is 32.1 Å². The van der Waals surface area contributed by atoms with Gasteiger partial charge in [0.1, 0.15) is 0 Å². The normalized spacial score (nSPS) is 39.4. The van der Waals surface area contributed by atoms with E-state index in [1.807, 2.05) is 0 Å². The van der Waals surface area contributed by atoms with Crippen molar-refractivity contribution in [2.75, 3.05) is 19.8 Å². The number of rotatable bonds is 3. The molecule has 0 spiro atoms. The highest BCUT2D eigenvalue weighted by atomic mass is 35.5. The number of halogens is 1. The second-order valence-electron chi connectivity index (χ2n) is 4.86. The lowest BCUT2D eigenvalue weighted by atomic mass is 9.83. The van der Waals surface area contributed by atoms with E-state index in [9.17, 15) is 5.11 Å². The van der Waals surface area contributed by atoms with Gasteiger partial charge in [0, 0.05) is 12.6 Å².